The number of carbonyl (C=O) groups excluding carboxylic acids is 1. The molecule has 0 bridgehead atoms. The van der Waals surface area contributed by atoms with Crippen LogP contribution in [0.15, 0.2) is 4.52 Å². The van der Waals surface area contributed by atoms with Gasteiger partial charge in [-0.25, -0.2) is 0 Å². The highest BCUT2D eigenvalue weighted by Crippen LogP contribution is 2.23. The number of H-pyrrole nitrogens is 1. The smallest absolute Gasteiger partial charge is 0.274 e. The van der Waals surface area contributed by atoms with E-state index in [4.69, 9.17) is 4.52 Å². The van der Waals surface area contributed by atoms with Crippen LogP contribution >= 0.6 is 0 Å². The first kappa shape index (κ1) is 13.8. The molecule has 1 aliphatic rings. The second-order valence-corrected chi connectivity index (χ2v) is 5.75. The van der Waals surface area contributed by atoms with Gasteiger partial charge in [-0.05, 0) is 19.3 Å². The molecule has 0 saturated heterocycles. The number of hydrogen-bond donors (Lipinski definition) is 1. The van der Waals surface area contributed by atoms with Crippen molar-refractivity contribution in [3.8, 4) is 0 Å². The van der Waals surface area contributed by atoms with Crippen LogP contribution in [0.3, 0.4) is 0 Å². The molecule has 21 heavy (non-hydrogen) atoms. The first-order chi connectivity index (χ1) is 10.1. The molecule has 112 valence electrons. The van der Waals surface area contributed by atoms with E-state index < -0.39 is 0 Å². The van der Waals surface area contributed by atoms with Crippen molar-refractivity contribution in [3.05, 3.63) is 28.7 Å². The minimum absolute atomic E-state index is 0.106. The van der Waals surface area contributed by atoms with Crippen LogP contribution in [-0.2, 0) is 19.4 Å². The van der Waals surface area contributed by atoms with Crippen molar-refractivity contribution >= 4 is 5.91 Å². The molecule has 7 nitrogen and oxygen atoms in total. The van der Waals surface area contributed by atoms with Gasteiger partial charge in [-0.1, -0.05) is 19.0 Å². The highest BCUT2D eigenvalue weighted by Gasteiger charge is 2.25. The fourth-order valence-electron chi connectivity index (χ4n) is 2.53. The molecule has 2 aromatic heterocycles. The first-order valence-electron chi connectivity index (χ1n) is 7.20. The maximum atomic E-state index is 12.5. The zero-order valence-corrected chi connectivity index (χ0v) is 12.5. The lowest BCUT2D eigenvalue weighted by atomic mass is 10.2. The SMILES string of the molecule is CC(C)c1nc(CN(C)C(=O)c2n[nH]c3c2CCC3)no1. The largest absolute Gasteiger partial charge is 0.339 e. The van der Waals surface area contributed by atoms with Crippen LogP contribution in [0, 0.1) is 0 Å². The van der Waals surface area contributed by atoms with Gasteiger partial charge in [0.15, 0.2) is 11.5 Å². The maximum Gasteiger partial charge on any atom is 0.274 e. The highest BCUT2D eigenvalue weighted by molar-refractivity contribution is 5.93. The van der Waals surface area contributed by atoms with Crippen LogP contribution in [0.2, 0.25) is 0 Å². The third-order valence-corrected chi connectivity index (χ3v) is 3.71. The van der Waals surface area contributed by atoms with Gasteiger partial charge < -0.3 is 9.42 Å². The van der Waals surface area contributed by atoms with Crippen molar-refractivity contribution in [3.63, 3.8) is 0 Å². The fraction of sp³-hybridized carbons (Fsp3) is 0.571. The molecule has 0 radical (unpaired) electrons. The van der Waals surface area contributed by atoms with Gasteiger partial charge in [0.25, 0.3) is 5.91 Å². The summed E-state index contributed by atoms with van der Waals surface area (Å²) < 4.78 is 5.15. The van der Waals surface area contributed by atoms with Crippen molar-refractivity contribution in [2.75, 3.05) is 7.05 Å². The molecule has 0 atom stereocenters. The summed E-state index contributed by atoms with van der Waals surface area (Å²) in [6.07, 6.45) is 2.97. The third-order valence-electron chi connectivity index (χ3n) is 3.71. The lowest BCUT2D eigenvalue weighted by Crippen LogP contribution is -2.27. The summed E-state index contributed by atoms with van der Waals surface area (Å²) in [5.74, 6) is 1.18. The van der Waals surface area contributed by atoms with E-state index in [2.05, 4.69) is 20.3 Å². The topological polar surface area (TPSA) is 87.9 Å². The highest BCUT2D eigenvalue weighted by atomic mass is 16.5. The minimum Gasteiger partial charge on any atom is -0.339 e. The Kier molecular flexibility index (Phi) is 3.48. The Bertz CT molecular complexity index is 658. The molecule has 7 heteroatoms. The Balaban J connectivity index is 1.72. The van der Waals surface area contributed by atoms with E-state index in [9.17, 15) is 4.79 Å². The molecule has 1 amide bonds. The van der Waals surface area contributed by atoms with Crippen LogP contribution in [-0.4, -0.2) is 38.2 Å². The Labute approximate surface area is 122 Å². The van der Waals surface area contributed by atoms with Gasteiger partial charge in [0, 0.05) is 24.2 Å². The predicted molar refractivity (Wildman–Crippen MR) is 74.8 cm³/mol. The van der Waals surface area contributed by atoms with Crippen LogP contribution < -0.4 is 0 Å². The molecule has 2 aromatic rings. The number of fused-ring (bicyclic) bond motifs is 1. The summed E-state index contributed by atoms with van der Waals surface area (Å²) >= 11 is 0. The second-order valence-electron chi connectivity index (χ2n) is 5.75. The van der Waals surface area contributed by atoms with Gasteiger partial charge in [0.2, 0.25) is 5.89 Å². The van der Waals surface area contributed by atoms with Crippen LogP contribution in [0.25, 0.3) is 0 Å². The molecular weight excluding hydrogens is 270 g/mol. The molecule has 2 heterocycles. The normalized spacial score (nSPS) is 13.7. The van der Waals surface area contributed by atoms with Gasteiger partial charge >= 0.3 is 0 Å². The lowest BCUT2D eigenvalue weighted by Gasteiger charge is -2.13. The number of carbonyl (C=O) groups is 1. The Morgan fingerprint density at radius 1 is 1.43 bits per heavy atom. The number of rotatable bonds is 4. The number of amides is 1. The number of nitrogens with one attached hydrogen (secondary N) is 1. The molecule has 0 saturated carbocycles. The van der Waals surface area contributed by atoms with Gasteiger partial charge in [-0.3, -0.25) is 9.89 Å². The number of hydrogen-bond acceptors (Lipinski definition) is 5. The van der Waals surface area contributed by atoms with E-state index >= 15 is 0 Å². The van der Waals surface area contributed by atoms with Gasteiger partial charge in [-0.15, -0.1) is 0 Å². The summed E-state index contributed by atoms with van der Waals surface area (Å²) in [5.41, 5.74) is 2.67. The summed E-state index contributed by atoms with van der Waals surface area (Å²) in [7, 11) is 1.73. The van der Waals surface area contributed by atoms with E-state index in [-0.39, 0.29) is 11.8 Å². The quantitative estimate of drug-likeness (QED) is 0.925. The molecular formula is C14H19N5O2. The van der Waals surface area contributed by atoms with Gasteiger partial charge in [-0.2, -0.15) is 10.1 Å². The standard InChI is InChI=1S/C14H19N5O2/c1-8(2)13-15-11(18-21-13)7-19(3)14(20)12-9-5-4-6-10(9)16-17-12/h8H,4-7H2,1-3H3,(H,16,17). The third kappa shape index (κ3) is 2.55. The van der Waals surface area contributed by atoms with Crippen molar-refractivity contribution in [2.24, 2.45) is 0 Å². The molecule has 0 fully saturated rings. The molecule has 0 spiro atoms. The monoisotopic (exact) mass is 289 g/mol. The Morgan fingerprint density at radius 3 is 2.95 bits per heavy atom. The van der Waals surface area contributed by atoms with Crippen molar-refractivity contribution < 1.29 is 9.32 Å². The predicted octanol–water partition coefficient (Wildman–Crippen LogP) is 1.68. The van der Waals surface area contributed by atoms with Crippen LogP contribution in [0.4, 0.5) is 0 Å². The number of aromatic amines is 1. The number of nitrogens with zero attached hydrogens (tertiary/aromatic N) is 4. The van der Waals surface area contributed by atoms with Crippen molar-refractivity contribution in [2.45, 2.75) is 45.6 Å². The second kappa shape index (κ2) is 5.31. The molecule has 0 aromatic carbocycles. The number of aryl methyl sites for hydroxylation is 1. The summed E-state index contributed by atoms with van der Waals surface area (Å²) in [4.78, 5) is 18.3. The zero-order valence-electron chi connectivity index (χ0n) is 12.5. The Hall–Kier alpha value is -2.18. The van der Waals surface area contributed by atoms with E-state index in [1.54, 1.807) is 11.9 Å². The van der Waals surface area contributed by atoms with Gasteiger partial charge in [0.1, 0.15) is 0 Å². The number of aromatic nitrogens is 4. The average Bonchev–Trinajstić information content (AvgIpc) is 3.13. The average molecular weight is 289 g/mol. The summed E-state index contributed by atoms with van der Waals surface area (Å²) in [6.45, 7) is 4.29. The van der Waals surface area contributed by atoms with Crippen LogP contribution in [0.5, 0.6) is 0 Å². The maximum absolute atomic E-state index is 12.5. The summed E-state index contributed by atoms with van der Waals surface area (Å²) in [6, 6.07) is 0. The fourth-order valence-corrected chi connectivity index (χ4v) is 2.53. The van der Waals surface area contributed by atoms with Crippen molar-refractivity contribution in [1.29, 1.82) is 0 Å². The molecule has 0 aliphatic heterocycles. The molecule has 1 N–H and O–H groups in total. The first-order valence-corrected chi connectivity index (χ1v) is 7.20. The summed E-state index contributed by atoms with van der Waals surface area (Å²) in [5, 5.41) is 11.0. The van der Waals surface area contributed by atoms with E-state index in [0.717, 1.165) is 30.5 Å². The molecule has 1 aliphatic carbocycles. The molecule has 0 unspecified atom stereocenters. The van der Waals surface area contributed by atoms with Gasteiger partial charge in [0.05, 0.1) is 6.54 Å². The van der Waals surface area contributed by atoms with E-state index in [1.807, 2.05) is 13.8 Å². The van der Waals surface area contributed by atoms with E-state index in [0.29, 0.717) is 24.0 Å². The van der Waals surface area contributed by atoms with E-state index in [1.165, 1.54) is 0 Å². The van der Waals surface area contributed by atoms with Crippen LogP contribution in [0.1, 0.15) is 59.6 Å². The zero-order chi connectivity index (χ0) is 15.0. The molecule has 3 rings (SSSR count). The Morgan fingerprint density at radius 2 is 2.24 bits per heavy atom. The minimum atomic E-state index is -0.106. The lowest BCUT2D eigenvalue weighted by molar-refractivity contribution is 0.0773. The van der Waals surface area contributed by atoms with Crippen molar-refractivity contribution in [1.82, 2.24) is 25.2 Å².